The number of carbonyl (C=O) groups is 1. The molecule has 0 aliphatic carbocycles. The maximum Gasteiger partial charge on any atom is 0.410 e. The zero-order valence-corrected chi connectivity index (χ0v) is 14.1. The quantitative estimate of drug-likeness (QED) is 0.737. The lowest BCUT2D eigenvalue weighted by atomic mass is 10.1. The number of hydrogen-bond acceptors (Lipinski definition) is 3. The van der Waals surface area contributed by atoms with E-state index in [-0.39, 0.29) is 16.8 Å². The molecule has 0 N–H and O–H groups in total. The molecule has 1 saturated heterocycles. The Bertz CT molecular complexity index is 408. The fraction of sp³-hybridized carbons (Fsp3) is 0.857. The molecule has 0 spiro atoms. The van der Waals surface area contributed by atoms with Crippen LogP contribution < -0.4 is 0 Å². The molecule has 0 bridgehead atoms. The van der Waals surface area contributed by atoms with Crippen molar-refractivity contribution < 1.29 is 13.7 Å². The predicted molar refractivity (Wildman–Crippen MR) is 82.3 cm³/mol. The first-order chi connectivity index (χ1) is 8.99. The monoisotopic (exact) mass is 302 g/mol. The highest BCUT2D eigenvalue weighted by Gasteiger charge is 2.29. The average molecular weight is 302 g/mol. The Kier molecular flexibility index (Phi) is 5.35. The Labute approximate surface area is 124 Å². The van der Waals surface area contributed by atoms with Crippen LogP contribution in [0.5, 0.6) is 0 Å². The van der Waals surface area contributed by atoms with E-state index in [1.165, 1.54) is 0 Å². The molecule has 1 aliphatic heterocycles. The molecule has 1 rings (SSSR count). The van der Waals surface area contributed by atoms with E-state index in [1.54, 1.807) is 11.1 Å². The maximum absolute atomic E-state index is 11.9. The van der Waals surface area contributed by atoms with Crippen LogP contribution in [0.25, 0.3) is 0 Å². The first-order valence-corrected chi connectivity index (χ1v) is 8.04. The van der Waals surface area contributed by atoms with Crippen molar-refractivity contribution in [3.05, 3.63) is 0 Å². The van der Waals surface area contributed by atoms with Crippen molar-refractivity contribution in [3.63, 3.8) is 0 Å². The highest BCUT2D eigenvalue weighted by molar-refractivity contribution is 7.85. The van der Waals surface area contributed by atoms with E-state index in [9.17, 15) is 9.00 Å². The minimum absolute atomic E-state index is 0.161. The average Bonchev–Trinajstić information content (AvgIpc) is 2.70. The van der Waals surface area contributed by atoms with Crippen LogP contribution in [0.15, 0.2) is 4.40 Å². The van der Waals surface area contributed by atoms with Gasteiger partial charge in [0.15, 0.2) is 0 Å². The molecule has 1 aliphatic rings. The van der Waals surface area contributed by atoms with E-state index < -0.39 is 16.6 Å². The number of amides is 1. The summed E-state index contributed by atoms with van der Waals surface area (Å²) in [4.78, 5) is 13.6. The molecule has 0 aromatic carbocycles. The first-order valence-electron chi connectivity index (χ1n) is 6.93. The van der Waals surface area contributed by atoms with E-state index in [1.807, 2.05) is 41.5 Å². The smallest absolute Gasteiger partial charge is 0.410 e. The SMILES string of the molecule is CC(C)(C)OC(=O)N1CC[C@H](C=N[S@@](=O)C(C)(C)C)C1. The van der Waals surface area contributed by atoms with Gasteiger partial charge in [-0.1, -0.05) is 0 Å². The van der Waals surface area contributed by atoms with E-state index in [4.69, 9.17) is 4.74 Å². The lowest BCUT2D eigenvalue weighted by Gasteiger charge is -2.24. The molecule has 6 heteroatoms. The van der Waals surface area contributed by atoms with Crippen molar-refractivity contribution in [2.75, 3.05) is 13.1 Å². The van der Waals surface area contributed by atoms with Crippen molar-refractivity contribution in [2.45, 2.75) is 58.3 Å². The summed E-state index contributed by atoms with van der Waals surface area (Å²) in [6.07, 6.45) is 2.28. The van der Waals surface area contributed by atoms with Gasteiger partial charge in [-0.15, -0.1) is 0 Å². The molecule has 1 amide bonds. The number of rotatable bonds is 2. The number of hydrogen-bond donors (Lipinski definition) is 0. The lowest BCUT2D eigenvalue weighted by Crippen LogP contribution is -2.35. The summed E-state index contributed by atoms with van der Waals surface area (Å²) in [5.41, 5.74) is -0.475. The van der Waals surface area contributed by atoms with Crippen LogP contribution in [0.3, 0.4) is 0 Å². The molecule has 0 unspecified atom stereocenters. The molecular formula is C14H26N2O3S. The fourth-order valence-corrected chi connectivity index (χ4v) is 2.30. The van der Waals surface area contributed by atoms with Gasteiger partial charge in [-0.3, -0.25) is 0 Å². The number of likely N-dealkylation sites (tertiary alicyclic amines) is 1. The molecular weight excluding hydrogens is 276 g/mol. The standard InChI is InChI=1S/C14H26N2O3S/c1-13(2,3)19-12(17)16-8-7-11(10-16)9-15-20(18)14(4,5)6/h9,11H,7-8,10H2,1-6H3/t11-,20+/m1/s1. The van der Waals surface area contributed by atoms with E-state index in [0.717, 1.165) is 6.42 Å². The van der Waals surface area contributed by atoms with Gasteiger partial charge in [-0.05, 0) is 48.0 Å². The summed E-state index contributed by atoms with van der Waals surface area (Å²) < 4.78 is 20.9. The summed E-state index contributed by atoms with van der Waals surface area (Å²) in [5, 5.41) is 0. The minimum Gasteiger partial charge on any atom is -0.444 e. The van der Waals surface area contributed by atoms with Crippen LogP contribution in [-0.4, -0.2) is 44.9 Å². The third kappa shape index (κ3) is 5.61. The summed E-state index contributed by atoms with van der Waals surface area (Å²) in [6.45, 7) is 12.5. The highest BCUT2D eigenvalue weighted by atomic mass is 32.2. The molecule has 0 radical (unpaired) electrons. The van der Waals surface area contributed by atoms with Crippen LogP contribution >= 0.6 is 0 Å². The van der Waals surface area contributed by atoms with E-state index in [2.05, 4.69) is 4.40 Å². The Morgan fingerprint density at radius 2 is 1.90 bits per heavy atom. The van der Waals surface area contributed by atoms with Gasteiger partial charge in [-0.2, -0.15) is 4.40 Å². The molecule has 0 saturated carbocycles. The molecule has 116 valence electrons. The summed E-state index contributed by atoms with van der Waals surface area (Å²) in [5.74, 6) is 0.161. The molecule has 20 heavy (non-hydrogen) atoms. The van der Waals surface area contributed by atoms with Crippen LogP contribution in [0, 0.1) is 5.92 Å². The van der Waals surface area contributed by atoms with E-state index in [0.29, 0.717) is 13.1 Å². The summed E-state index contributed by atoms with van der Waals surface area (Å²) in [6, 6.07) is 0. The normalized spacial score (nSPS) is 22.3. The van der Waals surface area contributed by atoms with E-state index >= 15 is 0 Å². The predicted octanol–water partition coefficient (Wildman–Crippen LogP) is 2.78. The maximum atomic E-state index is 11.9. The van der Waals surface area contributed by atoms with Crippen LogP contribution in [0.1, 0.15) is 48.0 Å². The Morgan fingerprint density at radius 1 is 1.30 bits per heavy atom. The van der Waals surface area contributed by atoms with Crippen molar-refractivity contribution in [1.29, 1.82) is 0 Å². The second-order valence-corrected chi connectivity index (χ2v) is 9.02. The van der Waals surface area contributed by atoms with Crippen LogP contribution in [-0.2, 0) is 15.7 Å². The van der Waals surface area contributed by atoms with Gasteiger partial charge >= 0.3 is 6.09 Å². The molecule has 1 fully saturated rings. The summed E-state index contributed by atoms with van der Waals surface area (Å²) in [7, 11) is -1.24. The van der Waals surface area contributed by atoms with Gasteiger partial charge in [-0.25, -0.2) is 9.00 Å². The molecule has 1 heterocycles. The minimum atomic E-state index is -1.24. The van der Waals surface area contributed by atoms with Gasteiger partial charge in [0.1, 0.15) is 16.6 Å². The lowest BCUT2D eigenvalue weighted by molar-refractivity contribution is 0.0292. The Morgan fingerprint density at radius 3 is 2.40 bits per heavy atom. The zero-order valence-electron chi connectivity index (χ0n) is 13.3. The topological polar surface area (TPSA) is 59.0 Å². The van der Waals surface area contributed by atoms with Gasteiger partial charge in [0.05, 0.1) is 4.75 Å². The fourth-order valence-electron chi connectivity index (χ4n) is 1.70. The Hall–Kier alpha value is -0.910. The number of nitrogens with zero attached hydrogens (tertiary/aromatic N) is 2. The van der Waals surface area contributed by atoms with Gasteiger partial charge in [0, 0.05) is 25.2 Å². The Balaban J connectivity index is 2.50. The third-order valence-corrected chi connectivity index (χ3v) is 4.13. The van der Waals surface area contributed by atoms with Crippen molar-refractivity contribution in [1.82, 2.24) is 4.90 Å². The first kappa shape index (κ1) is 17.1. The number of ether oxygens (including phenoxy) is 1. The number of carbonyl (C=O) groups excluding carboxylic acids is 1. The van der Waals surface area contributed by atoms with Gasteiger partial charge in [0.2, 0.25) is 0 Å². The molecule has 0 aromatic rings. The largest absolute Gasteiger partial charge is 0.444 e. The van der Waals surface area contributed by atoms with Crippen molar-refractivity contribution >= 4 is 23.3 Å². The van der Waals surface area contributed by atoms with Crippen LogP contribution in [0.4, 0.5) is 4.79 Å². The summed E-state index contributed by atoms with van der Waals surface area (Å²) >= 11 is 0. The highest BCUT2D eigenvalue weighted by Crippen LogP contribution is 2.19. The van der Waals surface area contributed by atoms with Gasteiger partial charge in [0.25, 0.3) is 0 Å². The van der Waals surface area contributed by atoms with Crippen molar-refractivity contribution in [3.8, 4) is 0 Å². The van der Waals surface area contributed by atoms with Crippen LogP contribution in [0.2, 0.25) is 0 Å². The van der Waals surface area contributed by atoms with Gasteiger partial charge < -0.3 is 9.64 Å². The molecule has 5 nitrogen and oxygen atoms in total. The van der Waals surface area contributed by atoms with Crippen molar-refractivity contribution in [2.24, 2.45) is 10.3 Å². The molecule has 2 atom stereocenters. The second-order valence-electron chi connectivity index (χ2n) is 7.09. The molecule has 0 aromatic heterocycles. The zero-order chi connectivity index (χ0) is 15.6. The third-order valence-electron chi connectivity index (χ3n) is 2.77. The second kappa shape index (κ2) is 6.24.